The first-order valence-corrected chi connectivity index (χ1v) is 10.1. The molecule has 0 unspecified atom stereocenters. The van der Waals surface area contributed by atoms with Crippen LogP contribution in [0.1, 0.15) is 55.3 Å². The van der Waals surface area contributed by atoms with Gasteiger partial charge in [0.1, 0.15) is 11.3 Å². The van der Waals surface area contributed by atoms with E-state index >= 15 is 0 Å². The van der Waals surface area contributed by atoms with Gasteiger partial charge in [0.15, 0.2) is 5.82 Å². The summed E-state index contributed by atoms with van der Waals surface area (Å²) in [5, 5.41) is 9.25. The molecule has 1 aliphatic rings. The summed E-state index contributed by atoms with van der Waals surface area (Å²) < 4.78 is 10.9. The normalized spacial score (nSPS) is 16.4. The lowest BCUT2D eigenvalue weighted by atomic mass is 9.81. The average Bonchev–Trinajstić information content (AvgIpc) is 3.38. The number of carbonyl (C=O) groups is 1. The van der Waals surface area contributed by atoms with Gasteiger partial charge in [0, 0.05) is 6.92 Å². The Morgan fingerprint density at radius 3 is 2.74 bits per heavy atom. The number of amides is 1. The Hall–Kier alpha value is -2.48. The van der Waals surface area contributed by atoms with E-state index in [0.29, 0.717) is 29.1 Å². The summed E-state index contributed by atoms with van der Waals surface area (Å²) in [6.07, 6.45) is 5.00. The van der Waals surface area contributed by atoms with E-state index in [0.717, 1.165) is 37.0 Å². The Bertz CT molecular complexity index is 923. The van der Waals surface area contributed by atoms with Crippen LogP contribution in [-0.4, -0.2) is 21.0 Å². The Labute approximate surface area is 161 Å². The van der Waals surface area contributed by atoms with Crippen LogP contribution in [0, 0.1) is 13.8 Å². The van der Waals surface area contributed by atoms with Crippen LogP contribution in [0.25, 0.3) is 10.8 Å². The lowest BCUT2D eigenvalue weighted by molar-refractivity contribution is -0.123. The standard InChI is InChI=1S/C19H22N4O3S/c1-12-14(21-17(25-12)15-7-6-10-27-15)11-16(24)22-19(8-4-3-5-9-19)18-20-13(2)26-23-18/h6-7,10H,3-5,8-9,11H2,1-2H3,(H,22,24). The molecule has 3 aromatic rings. The number of rotatable bonds is 5. The summed E-state index contributed by atoms with van der Waals surface area (Å²) in [5.41, 5.74) is 0.104. The predicted octanol–water partition coefficient (Wildman–Crippen LogP) is 3.92. The minimum Gasteiger partial charge on any atom is -0.440 e. The summed E-state index contributed by atoms with van der Waals surface area (Å²) in [5.74, 6) is 2.21. The van der Waals surface area contributed by atoms with Crippen LogP contribution in [0.3, 0.4) is 0 Å². The molecule has 0 bridgehead atoms. The Balaban J connectivity index is 1.52. The van der Waals surface area contributed by atoms with Gasteiger partial charge in [-0.1, -0.05) is 30.5 Å². The molecule has 3 heterocycles. The van der Waals surface area contributed by atoms with Crippen molar-refractivity contribution >= 4 is 17.2 Å². The fraction of sp³-hybridized carbons (Fsp3) is 0.474. The van der Waals surface area contributed by atoms with Gasteiger partial charge in [-0.25, -0.2) is 4.98 Å². The van der Waals surface area contributed by atoms with Crippen LogP contribution >= 0.6 is 11.3 Å². The molecule has 1 aliphatic carbocycles. The molecule has 0 saturated heterocycles. The molecule has 4 rings (SSSR count). The Morgan fingerprint density at radius 1 is 1.26 bits per heavy atom. The van der Waals surface area contributed by atoms with Gasteiger partial charge in [-0.05, 0) is 31.2 Å². The van der Waals surface area contributed by atoms with Crippen LogP contribution in [0.5, 0.6) is 0 Å². The van der Waals surface area contributed by atoms with Crippen LogP contribution in [0.4, 0.5) is 0 Å². The van der Waals surface area contributed by atoms with Crippen molar-refractivity contribution in [1.82, 2.24) is 20.4 Å². The molecule has 1 saturated carbocycles. The molecule has 0 atom stereocenters. The SMILES string of the molecule is Cc1nc(C2(NC(=O)Cc3nc(-c4cccs4)oc3C)CCCCC2)no1. The number of carbonyl (C=O) groups excluding carboxylic acids is 1. The van der Waals surface area contributed by atoms with Crippen LogP contribution in [0.2, 0.25) is 0 Å². The maximum Gasteiger partial charge on any atom is 0.236 e. The van der Waals surface area contributed by atoms with E-state index in [4.69, 9.17) is 8.94 Å². The highest BCUT2D eigenvalue weighted by molar-refractivity contribution is 7.13. The Morgan fingerprint density at radius 2 is 2.07 bits per heavy atom. The lowest BCUT2D eigenvalue weighted by Crippen LogP contribution is -2.48. The molecule has 0 spiro atoms. The maximum absolute atomic E-state index is 12.8. The van der Waals surface area contributed by atoms with Gasteiger partial charge in [-0.2, -0.15) is 4.98 Å². The minimum absolute atomic E-state index is 0.103. The van der Waals surface area contributed by atoms with Gasteiger partial charge in [0.25, 0.3) is 0 Å². The number of nitrogens with one attached hydrogen (secondary N) is 1. The number of aromatic nitrogens is 3. The minimum atomic E-state index is -0.554. The second kappa shape index (κ2) is 7.26. The third kappa shape index (κ3) is 3.66. The van der Waals surface area contributed by atoms with Gasteiger partial charge in [0.2, 0.25) is 17.7 Å². The number of oxazole rings is 1. The highest BCUT2D eigenvalue weighted by Crippen LogP contribution is 2.36. The molecule has 0 radical (unpaired) electrons. The van der Waals surface area contributed by atoms with Crippen molar-refractivity contribution in [1.29, 1.82) is 0 Å². The molecule has 3 aromatic heterocycles. The zero-order chi connectivity index (χ0) is 18.9. The van der Waals surface area contributed by atoms with E-state index in [-0.39, 0.29) is 12.3 Å². The molecule has 8 heteroatoms. The first kappa shape index (κ1) is 17.9. The summed E-state index contributed by atoms with van der Waals surface area (Å²) >= 11 is 1.56. The van der Waals surface area contributed by atoms with E-state index in [2.05, 4.69) is 20.4 Å². The van der Waals surface area contributed by atoms with Crippen LogP contribution in [0.15, 0.2) is 26.5 Å². The third-order valence-electron chi connectivity index (χ3n) is 4.99. The quantitative estimate of drug-likeness (QED) is 0.714. The number of aryl methyl sites for hydroxylation is 2. The summed E-state index contributed by atoms with van der Waals surface area (Å²) in [7, 11) is 0. The number of nitrogens with zero attached hydrogens (tertiary/aromatic N) is 3. The molecule has 27 heavy (non-hydrogen) atoms. The predicted molar refractivity (Wildman–Crippen MR) is 100 cm³/mol. The molecule has 1 fully saturated rings. The van der Waals surface area contributed by atoms with Gasteiger partial charge < -0.3 is 14.3 Å². The second-order valence-electron chi connectivity index (χ2n) is 7.00. The van der Waals surface area contributed by atoms with Crippen molar-refractivity contribution in [2.45, 2.75) is 57.9 Å². The van der Waals surface area contributed by atoms with Gasteiger partial charge >= 0.3 is 0 Å². The first-order chi connectivity index (χ1) is 13.1. The highest BCUT2D eigenvalue weighted by atomic mass is 32.1. The van der Waals surface area contributed by atoms with Crippen molar-refractivity contribution in [3.63, 3.8) is 0 Å². The number of hydrogen-bond acceptors (Lipinski definition) is 7. The van der Waals surface area contributed by atoms with Crippen molar-refractivity contribution < 1.29 is 13.7 Å². The molecular weight excluding hydrogens is 364 g/mol. The van der Waals surface area contributed by atoms with Crippen molar-refractivity contribution in [2.75, 3.05) is 0 Å². The fourth-order valence-electron chi connectivity index (χ4n) is 3.61. The molecule has 0 aromatic carbocycles. The van der Waals surface area contributed by atoms with Gasteiger partial charge in [-0.15, -0.1) is 11.3 Å². The second-order valence-corrected chi connectivity index (χ2v) is 7.95. The third-order valence-corrected chi connectivity index (χ3v) is 5.85. The summed E-state index contributed by atoms with van der Waals surface area (Å²) in [6, 6.07) is 3.90. The Kier molecular flexibility index (Phi) is 4.82. The van der Waals surface area contributed by atoms with E-state index in [1.165, 1.54) is 0 Å². The smallest absolute Gasteiger partial charge is 0.236 e. The van der Waals surface area contributed by atoms with Gasteiger partial charge in [0.05, 0.1) is 17.0 Å². The van der Waals surface area contributed by atoms with Crippen molar-refractivity contribution in [2.24, 2.45) is 0 Å². The lowest BCUT2D eigenvalue weighted by Gasteiger charge is -2.35. The largest absolute Gasteiger partial charge is 0.440 e. The molecule has 142 valence electrons. The molecule has 0 aliphatic heterocycles. The maximum atomic E-state index is 12.8. The monoisotopic (exact) mass is 386 g/mol. The van der Waals surface area contributed by atoms with Gasteiger partial charge in [-0.3, -0.25) is 4.79 Å². The van der Waals surface area contributed by atoms with Crippen LogP contribution < -0.4 is 5.32 Å². The molecule has 7 nitrogen and oxygen atoms in total. The van der Waals surface area contributed by atoms with E-state index < -0.39 is 5.54 Å². The zero-order valence-electron chi connectivity index (χ0n) is 15.4. The summed E-state index contributed by atoms with van der Waals surface area (Å²) in [4.78, 5) is 22.7. The highest BCUT2D eigenvalue weighted by Gasteiger charge is 2.39. The average molecular weight is 386 g/mol. The number of hydrogen-bond donors (Lipinski definition) is 1. The molecular formula is C19H22N4O3S. The topological polar surface area (TPSA) is 94.1 Å². The van der Waals surface area contributed by atoms with Crippen LogP contribution in [-0.2, 0) is 16.8 Å². The first-order valence-electron chi connectivity index (χ1n) is 9.18. The van der Waals surface area contributed by atoms with E-state index in [1.54, 1.807) is 18.3 Å². The number of thiophene rings is 1. The molecule has 1 amide bonds. The van der Waals surface area contributed by atoms with E-state index in [9.17, 15) is 4.79 Å². The van der Waals surface area contributed by atoms with Crippen molar-refractivity contribution in [3.8, 4) is 10.8 Å². The van der Waals surface area contributed by atoms with E-state index in [1.807, 2.05) is 24.4 Å². The molecule has 1 N–H and O–H groups in total. The zero-order valence-corrected chi connectivity index (χ0v) is 16.3. The van der Waals surface area contributed by atoms with Crippen molar-refractivity contribution in [3.05, 3.63) is 40.7 Å². The summed E-state index contributed by atoms with van der Waals surface area (Å²) in [6.45, 7) is 3.60. The fourth-order valence-corrected chi connectivity index (χ4v) is 4.26.